The molecular formula is C87H111Cl2FN10O16S6. The van der Waals surface area contributed by atoms with Gasteiger partial charge in [-0.1, -0.05) is 106 Å². The minimum Gasteiger partial charge on any atom is -0.393 e. The molecule has 5 atom stereocenters. The number of halogens is 3. The number of hydrogen-bond acceptors (Lipinski definition) is 27. The first-order chi connectivity index (χ1) is 57.9. The summed E-state index contributed by atoms with van der Waals surface area (Å²) in [4.78, 5) is 108. The molecule has 5 aliphatic carbocycles. The number of carbonyl (C=O) groups excluding carboxylic acids is 6. The Labute approximate surface area is 736 Å². The number of ketones is 5. The van der Waals surface area contributed by atoms with Crippen molar-refractivity contribution >= 4 is 133 Å². The summed E-state index contributed by atoms with van der Waals surface area (Å²) in [6.07, 6.45) is 39.1. The molecule has 1 aliphatic heterocycles. The Balaban J connectivity index is 0.000000170. The number of hydrogen-bond donors (Lipinski definition) is 2. The number of pyridine rings is 1. The molecule has 0 spiro atoms. The highest BCUT2D eigenvalue weighted by Crippen LogP contribution is 2.42. The van der Waals surface area contributed by atoms with Gasteiger partial charge >= 0.3 is 0 Å². The van der Waals surface area contributed by atoms with Gasteiger partial charge in [0.25, 0.3) is 0 Å². The molecule has 6 aliphatic rings. The third kappa shape index (κ3) is 27.7. The van der Waals surface area contributed by atoms with Crippen LogP contribution in [0.5, 0.6) is 0 Å². The summed E-state index contributed by atoms with van der Waals surface area (Å²) in [6.45, 7) is 5.43. The van der Waals surface area contributed by atoms with Crippen LogP contribution in [0.2, 0.25) is 10.0 Å². The van der Waals surface area contributed by atoms with E-state index in [0.717, 1.165) is 136 Å². The molecule has 2 N–H and O–H groups in total. The van der Waals surface area contributed by atoms with E-state index in [-0.39, 0.29) is 109 Å². The van der Waals surface area contributed by atoms with Crippen LogP contribution in [0.15, 0.2) is 117 Å². The van der Waals surface area contributed by atoms with E-state index in [2.05, 4.69) is 51.8 Å². The molecule has 1 amide bonds. The van der Waals surface area contributed by atoms with Crippen LogP contribution in [0.3, 0.4) is 0 Å². The highest BCUT2D eigenvalue weighted by atomic mass is 35.5. The van der Waals surface area contributed by atoms with Crippen LogP contribution >= 0.6 is 57.6 Å². The third-order valence-corrected chi connectivity index (χ3v) is 31.7. The minimum atomic E-state index is -3.47. The standard InChI is InChI=1S/C23H36N2O3S2.C22H27ClN2O5S.C21H23FN4O4S2.C20H21ClN2O4S.CH4/c1-3-13-28-20-11-9-19(10-12-20)25(18-7-5-4-6-8-18)22(27)14-21-24-15-23(30-21)29-16-17(2)26;1-31(29,30)22-7-6-15(9-18(22)23)17(8-14-4-2-3-5-14)20(27)10-16-11-25-19(12-24-16)21(28)13-26;22-20-12-24-21(31-20)8-18(27)16(7-13-3-5-30-6-4-13)26-17-10-23-11-19(15(17)9-25-26)32(28,29)14-1-2-14;1-28(26,27)20-5-3-14(10-18(20)21)17(9-13-2-4-16(24)8-13)19(25)11-15-12-22-6-7-23-15;/h15,18-20H,3-14,16H2,1-2H3;6-7,9,11-12,14,17,21,26,28H,2-5,8,10,13H2,1H3;9-14,16H,1-8H2;3,5-7,10,12-13,17H,2,4,8-9,11H2,1H3;1H4/t;17-,21-;16-;13-,17+;/m.100./s1. The molecule has 35 heteroatoms. The highest BCUT2D eigenvalue weighted by molar-refractivity contribution is 8.01. The Hall–Kier alpha value is -7.15. The number of fused-ring (bicyclic) bond motifs is 1. The number of ether oxygens (including phenoxy) is 2. The smallest absolute Gasteiger partial charge is 0.229 e. The fourth-order valence-electron chi connectivity index (χ4n) is 16.7. The first-order valence-electron chi connectivity index (χ1n) is 41.6. The van der Waals surface area contributed by atoms with Crippen molar-refractivity contribution in [3.05, 3.63) is 152 Å². The van der Waals surface area contributed by atoms with Crippen molar-refractivity contribution in [2.75, 3.05) is 44.7 Å². The van der Waals surface area contributed by atoms with E-state index in [4.69, 9.17) is 37.8 Å². The van der Waals surface area contributed by atoms with Crippen LogP contribution in [0.25, 0.3) is 10.9 Å². The van der Waals surface area contributed by atoms with Gasteiger partial charge in [0.2, 0.25) is 5.91 Å². The monoisotopic (exact) mass is 1830 g/mol. The van der Waals surface area contributed by atoms with Crippen LogP contribution in [0, 0.1) is 22.9 Å². The van der Waals surface area contributed by atoms with Gasteiger partial charge < -0.3 is 24.6 Å². The Bertz CT molecular complexity index is 5210. The number of Topliss-reactive ketones (excluding diaryl/α,β-unsaturated/α-hetero) is 5. The minimum absolute atomic E-state index is 0. The van der Waals surface area contributed by atoms with Crippen molar-refractivity contribution in [3.8, 4) is 0 Å². The van der Waals surface area contributed by atoms with Crippen LogP contribution in [0.4, 0.5) is 4.39 Å². The zero-order valence-corrected chi connectivity index (χ0v) is 75.0. The lowest BCUT2D eigenvalue weighted by Gasteiger charge is -2.43. The van der Waals surface area contributed by atoms with E-state index in [1.54, 1.807) is 65.8 Å². The van der Waals surface area contributed by atoms with E-state index in [9.17, 15) is 63.5 Å². The van der Waals surface area contributed by atoms with Crippen molar-refractivity contribution in [3.63, 3.8) is 0 Å². The maximum absolute atomic E-state index is 13.4. The molecule has 122 heavy (non-hydrogen) atoms. The molecule has 1 saturated heterocycles. The van der Waals surface area contributed by atoms with Crippen molar-refractivity contribution in [2.24, 2.45) is 17.8 Å². The Kier molecular flexibility index (Phi) is 36.5. The zero-order chi connectivity index (χ0) is 86.5. The molecular weight excluding hydrogens is 1720 g/mol. The van der Waals surface area contributed by atoms with Crippen LogP contribution in [-0.4, -0.2) is 188 Å². The van der Waals surface area contributed by atoms with Gasteiger partial charge in [-0.05, 0) is 156 Å². The first-order valence-corrected chi connectivity index (χ1v) is 50.3. The second kappa shape index (κ2) is 45.8. The number of sulfone groups is 3. The number of aliphatic hydroxyl groups is 2. The lowest BCUT2D eigenvalue weighted by Crippen LogP contribution is -2.50. The fraction of sp³-hybridized carbons (Fsp3) is 0.563. The van der Waals surface area contributed by atoms with Gasteiger partial charge in [-0.25, -0.2) is 35.2 Å². The van der Waals surface area contributed by atoms with Crippen molar-refractivity contribution in [1.29, 1.82) is 0 Å². The average molecular weight is 1840 g/mol. The lowest BCUT2D eigenvalue weighted by atomic mass is 9.83. The van der Waals surface area contributed by atoms with Crippen molar-refractivity contribution in [2.45, 2.75) is 267 Å². The van der Waals surface area contributed by atoms with Crippen molar-refractivity contribution < 1.29 is 78.1 Å². The number of thioether (sulfide) groups is 1. The normalized spacial score (nSPS) is 19.0. The number of amides is 1. The molecule has 0 unspecified atom stereocenters. The van der Waals surface area contributed by atoms with Gasteiger partial charge in [0.1, 0.15) is 45.3 Å². The maximum atomic E-state index is 13.4. The molecule has 7 heterocycles. The highest BCUT2D eigenvalue weighted by Gasteiger charge is 2.41. The predicted molar refractivity (Wildman–Crippen MR) is 467 cm³/mol. The largest absolute Gasteiger partial charge is 0.393 e. The molecule has 0 bridgehead atoms. The van der Waals surface area contributed by atoms with Gasteiger partial charge in [-0.3, -0.25) is 58.4 Å². The Morgan fingerprint density at radius 1 is 0.639 bits per heavy atom. The van der Waals surface area contributed by atoms with Gasteiger partial charge in [0.15, 0.2) is 40.4 Å². The molecule has 26 nitrogen and oxygen atoms in total. The van der Waals surface area contributed by atoms with E-state index < -0.39 is 65.2 Å². The van der Waals surface area contributed by atoms with Crippen LogP contribution < -0.4 is 0 Å². The molecule has 5 saturated carbocycles. The Morgan fingerprint density at radius 3 is 1.80 bits per heavy atom. The molecule has 0 radical (unpaired) electrons. The third-order valence-electron chi connectivity index (χ3n) is 23.1. The first kappa shape index (κ1) is 97.1. The molecule has 662 valence electrons. The molecule has 8 aromatic rings. The second-order valence-electron chi connectivity index (χ2n) is 32.5. The molecule has 2 aromatic carbocycles. The number of thiazole rings is 2. The summed E-state index contributed by atoms with van der Waals surface area (Å²) in [6, 6.07) is 9.45. The molecule has 14 rings (SSSR count). The zero-order valence-electron chi connectivity index (χ0n) is 68.6. The van der Waals surface area contributed by atoms with E-state index in [1.807, 2.05) is 6.20 Å². The quantitative estimate of drug-likeness (QED) is 0.0354. The van der Waals surface area contributed by atoms with Gasteiger partial charge in [-0.15, -0.1) is 23.1 Å². The van der Waals surface area contributed by atoms with E-state index >= 15 is 0 Å². The number of nitrogens with zero attached hydrogens (tertiary/aromatic N) is 10. The van der Waals surface area contributed by atoms with E-state index in [1.165, 1.54) is 74.1 Å². The summed E-state index contributed by atoms with van der Waals surface area (Å²) < 4.78 is 101. The van der Waals surface area contributed by atoms with Gasteiger partial charge in [-0.2, -0.15) is 9.49 Å². The number of aromatic nitrogens is 9. The summed E-state index contributed by atoms with van der Waals surface area (Å²) in [5, 5.41) is 24.3. The summed E-state index contributed by atoms with van der Waals surface area (Å²) in [5.41, 5.74) is 3.15. The number of rotatable bonds is 34. The SMILES string of the molecule is C.CCCOC1CCC(N(C(=O)Cc2ncc(SCC(C)=O)s2)C2CCCCC2)CC1.CS(=O)(=O)c1ccc([C@@H](CC2CCCC2)C(=O)Cc2cnc([C@H](O)CO)cn2)cc1Cl.CS(=O)(=O)c1ccc([C@@H](C[C@H]2CCC(=O)C2)C(=O)Cc2cnccn2)cc1Cl.O=C(Cc1ncc(F)s1)[C@H](CC1CCOCC1)n1ncc2c(S(=O)(=O)C3CC3)cncc21. The van der Waals surface area contributed by atoms with Crippen molar-refractivity contribution in [1.82, 2.24) is 49.6 Å². The topological polar surface area (TPSA) is 375 Å². The summed E-state index contributed by atoms with van der Waals surface area (Å²) >= 11 is 16.4. The summed E-state index contributed by atoms with van der Waals surface area (Å²) in [7, 11) is -10.4. The molecule has 6 aromatic heterocycles. The van der Waals surface area contributed by atoms with Crippen LogP contribution in [0.1, 0.15) is 238 Å². The van der Waals surface area contributed by atoms with Gasteiger partial charge in [0.05, 0.1) is 132 Å². The Morgan fingerprint density at radius 2 is 1.25 bits per heavy atom. The summed E-state index contributed by atoms with van der Waals surface area (Å²) in [5.74, 6) is 0.800. The predicted octanol–water partition coefficient (Wildman–Crippen LogP) is 15.3. The lowest BCUT2D eigenvalue weighted by molar-refractivity contribution is -0.138. The molecule has 6 fully saturated rings. The maximum Gasteiger partial charge on any atom is 0.229 e. The fourth-order valence-corrected chi connectivity index (χ4v) is 23.6. The second-order valence-corrected chi connectivity index (χ2v) is 42.9. The van der Waals surface area contributed by atoms with Gasteiger partial charge in [0, 0.05) is 105 Å². The van der Waals surface area contributed by atoms with E-state index in [0.29, 0.717) is 133 Å². The number of carbonyl (C=O) groups is 6. The number of aliphatic hydroxyl groups excluding tert-OH is 2. The number of benzene rings is 2. The van der Waals surface area contributed by atoms with Crippen LogP contribution in [-0.2, 0) is 93.4 Å². The average Bonchev–Trinajstić information content (AvgIpc) is 1.60.